The van der Waals surface area contributed by atoms with Gasteiger partial charge in [-0.2, -0.15) is 13.2 Å². The molecule has 1 atom stereocenters. The third-order valence-electron chi connectivity index (χ3n) is 3.49. The number of imidazole rings is 1. The van der Waals surface area contributed by atoms with Gasteiger partial charge in [0.05, 0.1) is 6.20 Å². The monoisotopic (exact) mass is 301 g/mol. The highest BCUT2D eigenvalue weighted by Gasteiger charge is 2.34. The summed E-state index contributed by atoms with van der Waals surface area (Å²) in [4.78, 5) is 8.12. The van der Waals surface area contributed by atoms with Crippen molar-refractivity contribution in [3.8, 4) is 0 Å². The lowest BCUT2D eigenvalue weighted by Crippen LogP contribution is -2.35. The van der Waals surface area contributed by atoms with E-state index in [9.17, 15) is 13.2 Å². The van der Waals surface area contributed by atoms with Crippen LogP contribution >= 0.6 is 0 Å². The van der Waals surface area contributed by atoms with Crippen LogP contribution in [-0.4, -0.2) is 33.3 Å². The van der Waals surface area contributed by atoms with E-state index in [2.05, 4.69) is 20.2 Å². The zero-order valence-electron chi connectivity index (χ0n) is 11.3. The standard InChI is InChI=1S/C12H14F3N5O/c1-7-18-19-11(21-7)20-4-2-3-8(6-20)10-16-5-9(17-10)12(13,14)15/h5,8H,2-4,6H2,1H3,(H,16,17). The molecule has 2 aromatic heterocycles. The number of aromatic nitrogens is 4. The molecule has 1 N–H and O–H groups in total. The SMILES string of the molecule is Cc1nnc(N2CCCC(c3ncc(C(F)(F)F)[nH]3)C2)o1. The Morgan fingerprint density at radius 1 is 1.38 bits per heavy atom. The Bertz CT molecular complexity index is 620. The zero-order chi connectivity index (χ0) is 15.0. The Labute approximate surface area is 118 Å². The largest absolute Gasteiger partial charge is 0.432 e. The van der Waals surface area contributed by atoms with E-state index in [0.29, 0.717) is 24.3 Å². The molecule has 0 radical (unpaired) electrons. The van der Waals surface area contributed by atoms with Gasteiger partial charge in [-0.05, 0) is 12.8 Å². The van der Waals surface area contributed by atoms with Crippen molar-refractivity contribution in [1.82, 2.24) is 20.2 Å². The maximum Gasteiger partial charge on any atom is 0.432 e. The quantitative estimate of drug-likeness (QED) is 0.923. The molecule has 1 fully saturated rings. The summed E-state index contributed by atoms with van der Waals surface area (Å²) in [6.07, 6.45) is -1.96. The number of aromatic amines is 1. The van der Waals surface area contributed by atoms with Crippen molar-refractivity contribution in [1.29, 1.82) is 0 Å². The summed E-state index contributed by atoms with van der Waals surface area (Å²) in [5, 5.41) is 7.71. The van der Waals surface area contributed by atoms with Crippen LogP contribution in [0.1, 0.15) is 36.2 Å². The van der Waals surface area contributed by atoms with Crippen molar-refractivity contribution in [3.63, 3.8) is 0 Å². The van der Waals surface area contributed by atoms with Crippen LogP contribution < -0.4 is 4.90 Å². The van der Waals surface area contributed by atoms with Crippen LogP contribution in [0.15, 0.2) is 10.6 Å². The third kappa shape index (κ3) is 2.86. The molecule has 1 aliphatic heterocycles. The van der Waals surface area contributed by atoms with Gasteiger partial charge in [0.2, 0.25) is 5.89 Å². The van der Waals surface area contributed by atoms with Crippen LogP contribution in [0.4, 0.5) is 19.2 Å². The van der Waals surface area contributed by atoms with Crippen molar-refractivity contribution in [2.45, 2.75) is 31.9 Å². The first-order valence-corrected chi connectivity index (χ1v) is 6.60. The molecule has 9 heteroatoms. The van der Waals surface area contributed by atoms with E-state index in [1.54, 1.807) is 6.92 Å². The van der Waals surface area contributed by atoms with Crippen LogP contribution in [0.25, 0.3) is 0 Å². The molecule has 0 saturated carbocycles. The highest BCUT2D eigenvalue weighted by molar-refractivity contribution is 5.27. The van der Waals surface area contributed by atoms with Gasteiger partial charge in [0.1, 0.15) is 11.5 Å². The summed E-state index contributed by atoms with van der Waals surface area (Å²) in [6, 6.07) is 0.403. The lowest BCUT2D eigenvalue weighted by atomic mass is 9.98. The highest BCUT2D eigenvalue weighted by Crippen LogP contribution is 2.31. The van der Waals surface area contributed by atoms with E-state index in [1.807, 2.05) is 4.90 Å². The van der Waals surface area contributed by atoms with E-state index in [4.69, 9.17) is 4.42 Å². The molecule has 0 aliphatic carbocycles. The van der Waals surface area contributed by atoms with Gasteiger partial charge >= 0.3 is 12.2 Å². The maximum atomic E-state index is 12.6. The molecule has 0 amide bonds. The second kappa shape index (κ2) is 5.05. The van der Waals surface area contributed by atoms with Crippen LogP contribution in [0.5, 0.6) is 0 Å². The smallest absolute Gasteiger partial charge is 0.408 e. The van der Waals surface area contributed by atoms with Gasteiger partial charge < -0.3 is 14.3 Å². The van der Waals surface area contributed by atoms with E-state index in [-0.39, 0.29) is 5.92 Å². The molecule has 3 heterocycles. The number of alkyl halides is 3. The molecule has 1 saturated heterocycles. The first-order valence-electron chi connectivity index (χ1n) is 6.60. The Morgan fingerprint density at radius 3 is 2.81 bits per heavy atom. The second-order valence-corrected chi connectivity index (χ2v) is 5.07. The minimum Gasteiger partial charge on any atom is -0.408 e. The molecule has 114 valence electrons. The van der Waals surface area contributed by atoms with Crippen molar-refractivity contribution in [2.24, 2.45) is 0 Å². The summed E-state index contributed by atoms with van der Waals surface area (Å²) in [5.41, 5.74) is -0.816. The topological polar surface area (TPSA) is 70.8 Å². The fourth-order valence-electron chi connectivity index (χ4n) is 2.48. The number of nitrogens with one attached hydrogen (secondary N) is 1. The summed E-state index contributed by atoms with van der Waals surface area (Å²) in [5.74, 6) is 0.704. The van der Waals surface area contributed by atoms with E-state index in [1.165, 1.54) is 0 Å². The Kier molecular flexibility index (Phi) is 3.34. The average molecular weight is 301 g/mol. The minimum absolute atomic E-state index is 0.109. The van der Waals surface area contributed by atoms with Gasteiger partial charge in [-0.1, -0.05) is 5.10 Å². The van der Waals surface area contributed by atoms with Crippen molar-refractivity contribution < 1.29 is 17.6 Å². The molecule has 21 heavy (non-hydrogen) atoms. The number of H-pyrrole nitrogens is 1. The fourth-order valence-corrected chi connectivity index (χ4v) is 2.48. The van der Waals surface area contributed by atoms with Crippen LogP contribution in [-0.2, 0) is 6.18 Å². The normalized spacial score (nSPS) is 20.0. The van der Waals surface area contributed by atoms with Crippen LogP contribution in [0.2, 0.25) is 0 Å². The molecule has 1 aliphatic rings. The highest BCUT2D eigenvalue weighted by atomic mass is 19.4. The van der Waals surface area contributed by atoms with E-state index < -0.39 is 11.9 Å². The number of anilines is 1. The minimum atomic E-state index is -4.40. The summed E-state index contributed by atoms with van der Waals surface area (Å²) in [7, 11) is 0. The first kappa shape index (κ1) is 13.9. The lowest BCUT2D eigenvalue weighted by molar-refractivity contribution is -0.141. The second-order valence-electron chi connectivity index (χ2n) is 5.07. The van der Waals surface area contributed by atoms with Crippen molar-refractivity contribution in [3.05, 3.63) is 23.6 Å². The molecule has 2 aromatic rings. The average Bonchev–Trinajstić information content (AvgIpc) is 3.07. The number of piperidine rings is 1. The van der Waals surface area contributed by atoms with Crippen molar-refractivity contribution in [2.75, 3.05) is 18.0 Å². The van der Waals surface area contributed by atoms with Gasteiger partial charge in [-0.15, -0.1) is 5.10 Å². The Hall–Kier alpha value is -2.06. The number of hydrogen-bond donors (Lipinski definition) is 1. The van der Waals surface area contributed by atoms with E-state index >= 15 is 0 Å². The fraction of sp³-hybridized carbons (Fsp3) is 0.583. The molecular formula is C12H14F3N5O. The molecule has 6 nitrogen and oxygen atoms in total. The summed E-state index contributed by atoms with van der Waals surface area (Å²) >= 11 is 0. The molecule has 0 spiro atoms. The number of nitrogens with zero attached hydrogens (tertiary/aromatic N) is 4. The van der Waals surface area contributed by atoms with Gasteiger partial charge in [0.25, 0.3) is 0 Å². The summed E-state index contributed by atoms with van der Waals surface area (Å²) < 4.78 is 43.2. The Morgan fingerprint density at radius 2 is 2.19 bits per heavy atom. The Balaban J connectivity index is 1.75. The number of hydrogen-bond acceptors (Lipinski definition) is 5. The zero-order valence-corrected chi connectivity index (χ0v) is 11.3. The molecule has 1 unspecified atom stereocenters. The molecule has 0 bridgehead atoms. The third-order valence-corrected chi connectivity index (χ3v) is 3.49. The molecular weight excluding hydrogens is 287 g/mol. The number of halogens is 3. The first-order chi connectivity index (χ1) is 9.93. The molecule has 3 rings (SSSR count). The van der Waals surface area contributed by atoms with Gasteiger partial charge in [-0.3, -0.25) is 0 Å². The van der Waals surface area contributed by atoms with Crippen LogP contribution in [0, 0.1) is 6.92 Å². The number of rotatable bonds is 2. The predicted molar refractivity (Wildman–Crippen MR) is 66.8 cm³/mol. The van der Waals surface area contributed by atoms with Gasteiger partial charge in [0.15, 0.2) is 0 Å². The molecule has 0 aromatic carbocycles. The summed E-state index contributed by atoms with van der Waals surface area (Å²) in [6.45, 7) is 2.94. The van der Waals surface area contributed by atoms with Gasteiger partial charge in [0, 0.05) is 25.9 Å². The van der Waals surface area contributed by atoms with E-state index in [0.717, 1.165) is 25.6 Å². The van der Waals surface area contributed by atoms with Crippen molar-refractivity contribution >= 4 is 6.01 Å². The lowest BCUT2D eigenvalue weighted by Gasteiger charge is -2.30. The van der Waals surface area contributed by atoms with Crippen LogP contribution in [0.3, 0.4) is 0 Å². The number of aryl methyl sites for hydroxylation is 1. The predicted octanol–water partition coefficient (Wildman–Crippen LogP) is 2.50. The van der Waals surface area contributed by atoms with Gasteiger partial charge in [-0.25, -0.2) is 4.98 Å². The maximum absolute atomic E-state index is 12.6.